The molecule has 3 N–H and O–H groups in total. The number of ether oxygens (including phenoxy) is 1. The Kier molecular flexibility index (Phi) is 7.02. The van der Waals surface area contributed by atoms with Gasteiger partial charge in [-0.2, -0.15) is 0 Å². The molecule has 0 saturated carbocycles. The Bertz CT molecular complexity index is 372. The number of pyridine rings is 1. The molecular formula is C13H22N4O2. The molecule has 0 aliphatic carbocycles. The summed E-state index contributed by atoms with van der Waals surface area (Å²) in [5.41, 5.74) is 6.79. The predicted molar refractivity (Wildman–Crippen MR) is 73.5 cm³/mol. The molecule has 1 rings (SSSR count). The molecule has 0 aliphatic rings. The van der Waals surface area contributed by atoms with Crippen LogP contribution in [-0.4, -0.2) is 56.2 Å². The lowest BCUT2D eigenvalue weighted by molar-refractivity contribution is -0.122. The number of carbonyl (C=O) groups is 1. The number of nitrogens with one attached hydrogen (secondary N) is 1. The molecule has 106 valence electrons. The summed E-state index contributed by atoms with van der Waals surface area (Å²) in [5.74, 6) is -0.0399. The Hall–Kier alpha value is -1.50. The highest BCUT2D eigenvalue weighted by Gasteiger charge is 2.17. The van der Waals surface area contributed by atoms with Crippen molar-refractivity contribution in [2.45, 2.75) is 6.04 Å². The van der Waals surface area contributed by atoms with Crippen molar-refractivity contribution in [1.29, 1.82) is 0 Å². The number of nitrogens with zero attached hydrogens (tertiary/aromatic N) is 2. The minimum Gasteiger partial charge on any atom is -0.383 e. The minimum atomic E-state index is -0.0399. The summed E-state index contributed by atoms with van der Waals surface area (Å²) in [6.07, 6.45) is 3.49. The molecule has 0 fully saturated rings. The molecule has 0 saturated heterocycles. The van der Waals surface area contributed by atoms with Crippen LogP contribution in [0.5, 0.6) is 0 Å². The first-order chi connectivity index (χ1) is 9.19. The number of methoxy groups -OCH3 is 1. The summed E-state index contributed by atoms with van der Waals surface area (Å²) in [6.45, 7) is 1.76. The van der Waals surface area contributed by atoms with E-state index in [9.17, 15) is 4.79 Å². The van der Waals surface area contributed by atoms with E-state index in [0.717, 1.165) is 5.56 Å². The summed E-state index contributed by atoms with van der Waals surface area (Å²) in [5, 5.41) is 2.78. The van der Waals surface area contributed by atoms with Crippen LogP contribution in [-0.2, 0) is 9.53 Å². The van der Waals surface area contributed by atoms with Crippen LogP contribution >= 0.6 is 0 Å². The summed E-state index contributed by atoms with van der Waals surface area (Å²) < 4.78 is 4.88. The minimum absolute atomic E-state index is 0.0122. The highest BCUT2D eigenvalue weighted by Crippen LogP contribution is 2.16. The third kappa shape index (κ3) is 5.34. The van der Waals surface area contributed by atoms with Crippen molar-refractivity contribution < 1.29 is 9.53 Å². The monoisotopic (exact) mass is 266 g/mol. The molecule has 0 aliphatic heterocycles. The van der Waals surface area contributed by atoms with Crippen molar-refractivity contribution in [3.63, 3.8) is 0 Å². The molecule has 1 aromatic heterocycles. The fourth-order valence-corrected chi connectivity index (χ4v) is 1.83. The van der Waals surface area contributed by atoms with Gasteiger partial charge in [0.15, 0.2) is 0 Å². The van der Waals surface area contributed by atoms with E-state index < -0.39 is 0 Å². The van der Waals surface area contributed by atoms with Gasteiger partial charge in [0.2, 0.25) is 5.91 Å². The van der Waals surface area contributed by atoms with Gasteiger partial charge in [0.05, 0.1) is 13.2 Å². The Morgan fingerprint density at radius 2 is 2.42 bits per heavy atom. The average molecular weight is 266 g/mol. The first kappa shape index (κ1) is 15.6. The number of aromatic nitrogens is 1. The molecule has 1 heterocycles. The molecule has 0 aromatic carbocycles. The van der Waals surface area contributed by atoms with Gasteiger partial charge in [0, 0.05) is 38.6 Å². The number of likely N-dealkylation sites (N-methyl/N-ethyl adjacent to an activating group) is 1. The number of carbonyl (C=O) groups excluding carboxylic acids is 1. The smallest absolute Gasteiger partial charge is 0.234 e. The van der Waals surface area contributed by atoms with E-state index in [4.69, 9.17) is 10.5 Å². The first-order valence-electron chi connectivity index (χ1n) is 6.25. The lowest BCUT2D eigenvalue weighted by Gasteiger charge is -2.26. The molecule has 1 atom stereocenters. The Morgan fingerprint density at radius 1 is 1.63 bits per heavy atom. The van der Waals surface area contributed by atoms with Crippen LogP contribution in [0.15, 0.2) is 24.5 Å². The van der Waals surface area contributed by atoms with Gasteiger partial charge in [0.25, 0.3) is 0 Å². The molecule has 0 bridgehead atoms. The number of hydrogen-bond acceptors (Lipinski definition) is 5. The van der Waals surface area contributed by atoms with Crippen LogP contribution in [0.1, 0.15) is 11.6 Å². The summed E-state index contributed by atoms with van der Waals surface area (Å²) in [4.78, 5) is 17.7. The maximum Gasteiger partial charge on any atom is 0.234 e. The summed E-state index contributed by atoms with van der Waals surface area (Å²) >= 11 is 0. The van der Waals surface area contributed by atoms with E-state index >= 15 is 0 Å². The van der Waals surface area contributed by atoms with Crippen molar-refractivity contribution in [2.75, 3.05) is 40.4 Å². The summed E-state index contributed by atoms with van der Waals surface area (Å²) in [7, 11) is 3.48. The lowest BCUT2D eigenvalue weighted by atomic mass is 10.1. The molecular weight excluding hydrogens is 244 g/mol. The molecule has 1 unspecified atom stereocenters. The van der Waals surface area contributed by atoms with E-state index in [1.54, 1.807) is 19.5 Å². The van der Waals surface area contributed by atoms with E-state index in [1.165, 1.54) is 0 Å². The lowest BCUT2D eigenvalue weighted by Crippen LogP contribution is -2.40. The van der Waals surface area contributed by atoms with Crippen molar-refractivity contribution in [2.24, 2.45) is 5.73 Å². The molecule has 6 heteroatoms. The first-order valence-corrected chi connectivity index (χ1v) is 6.25. The van der Waals surface area contributed by atoms with Crippen LogP contribution in [0, 0.1) is 0 Å². The number of hydrogen-bond donors (Lipinski definition) is 2. The highest BCUT2D eigenvalue weighted by molar-refractivity contribution is 5.78. The third-order valence-corrected chi connectivity index (χ3v) is 2.85. The zero-order valence-corrected chi connectivity index (χ0v) is 11.5. The number of nitrogens with two attached hydrogens (primary N) is 1. The number of amides is 1. The molecule has 1 amide bonds. The van der Waals surface area contributed by atoms with Crippen molar-refractivity contribution in [3.8, 4) is 0 Å². The van der Waals surface area contributed by atoms with E-state index in [-0.39, 0.29) is 11.9 Å². The van der Waals surface area contributed by atoms with Gasteiger partial charge in [-0.05, 0) is 18.7 Å². The maximum absolute atomic E-state index is 11.7. The topological polar surface area (TPSA) is 80.5 Å². The van der Waals surface area contributed by atoms with Crippen molar-refractivity contribution in [1.82, 2.24) is 15.2 Å². The molecule has 0 spiro atoms. The summed E-state index contributed by atoms with van der Waals surface area (Å²) in [6, 6.07) is 3.82. The van der Waals surface area contributed by atoms with Gasteiger partial charge < -0.3 is 15.8 Å². The molecule has 0 radical (unpaired) electrons. The van der Waals surface area contributed by atoms with Crippen LogP contribution in [0.2, 0.25) is 0 Å². The van der Waals surface area contributed by atoms with Crippen LogP contribution in [0.25, 0.3) is 0 Å². The van der Waals surface area contributed by atoms with Gasteiger partial charge in [-0.1, -0.05) is 6.07 Å². The zero-order valence-electron chi connectivity index (χ0n) is 11.5. The van der Waals surface area contributed by atoms with Crippen LogP contribution < -0.4 is 11.1 Å². The molecule has 6 nitrogen and oxygen atoms in total. The van der Waals surface area contributed by atoms with Crippen LogP contribution in [0.3, 0.4) is 0 Å². The Balaban J connectivity index is 2.50. The van der Waals surface area contributed by atoms with E-state index in [0.29, 0.717) is 26.2 Å². The van der Waals surface area contributed by atoms with Gasteiger partial charge in [-0.25, -0.2) is 0 Å². The van der Waals surface area contributed by atoms with E-state index in [2.05, 4.69) is 10.3 Å². The molecule has 1 aromatic rings. The zero-order chi connectivity index (χ0) is 14.1. The third-order valence-electron chi connectivity index (χ3n) is 2.85. The second-order valence-electron chi connectivity index (χ2n) is 4.30. The van der Waals surface area contributed by atoms with Gasteiger partial charge >= 0.3 is 0 Å². The second kappa shape index (κ2) is 8.58. The fourth-order valence-electron chi connectivity index (χ4n) is 1.83. The Labute approximate surface area is 113 Å². The predicted octanol–water partition coefficient (Wildman–Crippen LogP) is -0.224. The highest BCUT2D eigenvalue weighted by atomic mass is 16.5. The SMILES string of the molecule is COCCNC(=O)CN(C)C(CN)c1cccnc1. The quantitative estimate of drug-likeness (QED) is 0.636. The fraction of sp³-hybridized carbons (Fsp3) is 0.538. The standard InChI is InChI=1S/C13H22N4O2/c1-17(10-13(18)16-6-7-19-2)12(8-14)11-4-3-5-15-9-11/h3-5,9,12H,6-8,10,14H2,1-2H3,(H,16,18). The second-order valence-corrected chi connectivity index (χ2v) is 4.30. The van der Waals surface area contributed by atoms with Crippen molar-refractivity contribution in [3.05, 3.63) is 30.1 Å². The Morgan fingerprint density at radius 3 is 3.00 bits per heavy atom. The van der Waals surface area contributed by atoms with Crippen LogP contribution in [0.4, 0.5) is 0 Å². The van der Waals surface area contributed by atoms with E-state index in [1.807, 2.05) is 24.1 Å². The van der Waals surface area contributed by atoms with Gasteiger partial charge in [-0.3, -0.25) is 14.7 Å². The normalized spacial score (nSPS) is 12.4. The average Bonchev–Trinajstić information content (AvgIpc) is 2.41. The molecule has 19 heavy (non-hydrogen) atoms. The van der Waals surface area contributed by atoms with Gasteiger partial charge in [-0.15, -0.1) is 0 Å². The largest absolute Gasteiger partial charge is 0.383 e. The number of rotatable bonds is 8. The maximum atomic E-state index is 11.7. The van der Waals surface area contributed by atoms with Gasteiger partial charge in [0.1, 0.15) is 0 Å². The van der Waals surface area contributed by atoms with Crippen molar-refractivity contribution >= 4 is 5.91 Å².